The maximum absolute atomic E-state index is 11.3. The van der Waals surface area contributed by atoms with E-state index in [0.29, 0.717) is 5.76 Å². The summed E-state index contributed by atoms with van der Waals surface area (Å²) in [5, 5.41) is 2.60. The Balaban J connectivity index is 4.01. The van der Waals surface area contributed by atoms with Gasteiger partial charge >= 0.3 is 6.09 Å². The van der Waals surface area contributed by atoms with Crippen molar-refractivity contribution in [2.24, 2.45) is 0 Å². The third kappa shape index (κ3) is 5.45. The van der Waals surface area contributed by atoms with E-state index in [1.165, 1.54) is 7.11 Å². The Bertz CT molecular complexity index is 218. The van der Waals surface area contributed by atoms with Gasteiger partial charge in [-0.05, 0) is 27.7 Å². The van der Waals surface area contributed by atoms with Crippen LogP contribution in [-0.4, -0.2) is 24.8 Å². The summed E-state index contributed by atoms with van der Waals surface area (Å²) in [6.07, 6.45) is -0.469. The van der Waals surface area contributed by atoms with Gasteiger partial charge in [0.25, 0.3) is 0 Å². The van der Waals surface area contributed by atoms with Crippen molar-refractivity contribution in [3.8, 4) is 0 Å². The van der Waals surface area contributed by atoms with E-state index >= 15 is 0 Å². The van der Waals surface area contributed by atoms with Crippen LogP contribution >= 0.6 is 0 Å². The largest absolute Gasteiger partial charge is 0.500 e. The molecule has 0 aliphatic carbocycles. The van der Waals surface area contributed by atoms with Crippen LogP contribution in [-0.2, 0) is 9.47 Å². The second-order valence-corrected chi connectivity index (χ2v) is 4.04. The van der Waals surface area contributed by atoms with Gasteiger partial charge in [0.2, 0.25) is 0 Å². The fourth-order valence-electron chi connectivity index (χ4n) is 0.742. The second kappa shape index (κ2) is 4.88. The van der Waals surface area contributed by atoms with Crippen LogP contribution in [0.3, 0.4) is 0 Å². The van der Waals surface area contributed by atoms with Crippen LogP contribution < -0.4 is 5.32 Å². The van der Waals surface area contributed by atoms with E-state index < -0.39 is 11.7 Å². The number of carbonyl (C=O) groups is 1. The lowest BCUT2D eigenvalue weighted by molar-refractivity contribution is 0.0502. The van der Waals surface area contributed by atoms with E-state index in [4.69, 9.17) is 9.47 Å². The molecular formula is C10H19NO3. The zero-order chi connectivity index (χ0) is 11.4. The molecule has 4 heteroatoms. The van der Waals surface area contributed by atoms with Crippen molar-refractivity contribution in [1.82, 2.24) is 5.32 Å². The lowest BCUT2D eigenvalue weighted by atomic mass is 10.2. The van der Waals surface area contributed by atoms with Gasteiger partial charge in [0.05, 0.1) is 13.2 Å². The van der Waals surface area contributed by atoms with Gasteiger partial charge in [0.15, 0.2) is 0 Å². The molecule has 0 aromatic carbocycles. The first kappa shape index (κ1) is 12.8. The number of carbonyl (C=O) groups excluding carboxylic acids is 1. The molecule has 0 aromatic rings. The zero-order valence-electron chi connectivity index (χ0n) is 9.51. The van der Waals surface area contributed by atoms with E-state index in [0.717, 1.165) is 0 Å². The molecule has 0 bridgehead atoms. The highest BCUT2D eigenvalue weighted by Gasteiger charge is 2.18. The third-order valence-corrected chi connectivity index (χ3v) is 1.48. The van der Waals surface area contributed by atoms with Gasteiger partial charge in [-0.2, -0.15) is 0 Å². The van der Waals surface area contributed by atoms with Crippen LogP contribution in [0.1, 0.15) is 27.7 Å². The van der Waals surface area contributed by atoms with Gasteiger partial charge in [-0.25, -0.2) is 4.79 Å². The standard InChI is InChI=1S/C10H19NO3/c1-7(8(2)13-6)11-9(12)14-10(3,4)5/h7H,2H2,1,3-6H3,(H,11,12)/t7-/m0/s1. The summed E-state index contributed by atoms with van der Waals surface area (Å²) in [7, 11) is 1.51. The average molecular weight is 201 g/mol. The molecule has 14 heavy (non-hydrogen) atoms. The number of hydrogen-bond donors (Lipinski definition) is 1. The first-order chi connectivity index (χ1) is 6.26. The Hall–Kier alpha value is -1.19. The molecule has 0 radical (unpaired) electrons. The molecule has 0 aliphatic heterocycles. The van der Waals surface area contributed by atoms with Gasteiger partial charge < -0.3 is 14.8 Å². The molecule has 4 nitrogen and oxygen atoms in total. The van der Waals surface area contributed by atoms with E-state index in [2.05, 4.69) is 11.9 Å². The van der Waals surface area contributed by atoms with Crippen LogP contribution in [0.2, 0.25) is 0 Å². The van der Waals surface area contributed by atoms with Crippen molar-refractivity contribution in [2.75, 3.05) is 7.11 Å². The number of nitrogens with one attached hydrogen (secondary N) is 1. The molecule has 0 heterocycles. The second-order valence-electron chi connectivity index (χ2n) is 4.04. The maximum Gasteiger partial charge on any atom is 0.408 e. The van der Waals surface area contributed by atoms with Crippen molar-refractivity contribution < 1.29 is 14.3 Å². The van der Waals surface area contributed by atoms with E-state index in [1.807, 2.05) is 20.8 Å². The smallest absolute Gasteiger partial charge is 0.408 e. The molecule has 0 fully saturated rings. The highest BCUT2D eigenvalue weighted by molar-refractivity contribution is 5.68. The molecule has 1 amide bonds. The SMILES string of the molecule is C=C(OC)[C@H](C)NC(=O)OC(C)(C)C. The minimum Gasteiger partial charge on any atom is -0.500 e. The summed E-state index contributed by atoms with van der Waals surface area (Å²) in [6.45, 7) is 10.8. The molecular weight excluding hydrogens is 182 g/mol. The molecule has 0 saturated heterocycles. The Kier molecular flexibility index (Phi) is 4.47. The number of methoxy groups -OCH3 is 1. The molecule has 82 valence electrons. The Labute approximate surface area is 85.3 Å². The zero-order valence-corrected chi connectivity index (χ0v) is 9.51. The molecule has 0 unspecified atom stereocenters. The summed E-state index contributed by atoms with van der Waals surface area (Å²) < 4.78 is 9.93. The molecule has 0 aromatic heterocycles. The van der Waals surface area contributed by atoms with Gasteiger partial charge in [-0.1, -0.05) is 6.58 Å². The summed E-state index contributed by atoms with van der Waals surface area (Å²) in [5.41, 5.74) is -0.488. The highest BCUT2D eigenvalue weighted by atomic mass is 16.6. The topological polar surface area (TPSA) is 47.6 Å². The monoisotopic (exact) mass is 201 g/mol. The van der Waals surface area contributed by atoms with Gasteiger partial charge in [-0.15, -0.1) is 0 Å². The number of ether oxygens (including phenoxy) is 2. The van der Waals surface area contributed by atoms with Crippen molar-refractivity contribution in [1.29, 1.82) is 0 Å². The number of amides is 1. The predicted molar refractivity (Wildman–Crippen MR) is 55.0 cm³/mol. The van der Waals surface area contributed by atoms with Crippen molar-refractivity contribution >= 4 is 6.09 Å². The summed E-state index contributed by atoms with van der Waals surface area (Å²) in [5.74, 6) is 0.496. The molecule has 0 spiro atoms. The van der Waals surface area contributed by atoms with Crippen LogP contribution in [0.5, 0.6) is 0 Å². The minimum absolute atomic E-state index is 0.255. The molecule has 1 N–H and O–H groups in total. The minimum atomic E-state index is -0.488. The Morgan fingerprint density at radius 2 is 1.93 bits per heavy atom. The van der Waals surface area contributed by atoms with Gasteiger partial charge in [0, 0.05) is 0 Å². The van der Waals surface area contributed by atoms with Crippen LogP contribution in [0.25, 0.3) is 0 Å². The van der Waals surface area contributed by atoms with Crippen molar-refractivity contribution in [3.63, 3.8) is 0 Å². The summed E-state index contributed by atoms with van der Waals surface area (Å²) >= 11 is 0. The van der Waals surface area contributed by atoms with Crippen LogP contribution in [0.15, 0.2) is 12.3 Å². The lowest BCUT2D eigenvalue weighted by Gasteiger charge is -2.22. The first-order valence-electron chi connectivity index (χ1n) is 4.48. The van der Waals surface area contributed by atoms with Crippen molar-refractivity contribution in [2.45, 2.75) is 39.3 Å². The molecule has 0 saturated carbocycles. The normalized spacial score (nSPS) is 12.9. The maximum atomic E-state index is 11.3. The van der Waals surface area contributed by atoms with E-state index in [9.17, 15) is 4.79 Å². The lowest BCUT2D eigenvalue weighted by Crippen LogP contribution is -2.38. The van der Waals surface area contributed by atoms with Crippen LogP contribution in [0.4, 0.5) is 4.79 Å². The average Bonchev–Trinajstić information content (AvgIpc) is 1.99. The van der Waals surface area contributed by atoms with Crippen molar-refractivity contribution in [3.05, 3.63) is 12.3 Å². The molecule has 1 atom stereocenters. The molecule has 0 rings (SSSR count). The quantitative estimate of drug-likeness (QED) is 0.711. The van der Waals surface area contributed by atoms with Crippen LogP contribution in [0, 0.1) is 0 Å². The Morgan fingerprint density at radius 3 is 2.29 bits per heavy atom. The fraction of sp³-hybridized carbons (Fsp3) is 0.700. The summed E-state index contributed by atoms with van der Waals surface area (Å²) in [4.78, 5) is 11.3. The highest BCUT2D eigenvalue weighted by Crippen LogP contribution is 2.07. The predicted octanol–water partition coefficient (Wildman–Crippen LogP) is 2.06. The van der Waals surface area contributed by atoms with E-state index in [-0.39, 0.29) is 6.04 Å². The number of rotatable bonds is 3. The first-order valence-corrected chi connectivity index (χ1v) is 4.48. The number of hydrogen-bond acceptors (Lipinski definition) is 3. The van der Waals surface area contributed by atoms with Gasteiger partial charge in [-0.3, -0.25) is 0 Å². The molecule has 0 aliphatic rings. The number of alkyl carbamates (subject to hydrolysis) is 1. The van der Waals surface area contributed by atoms with E-state index in [1.54, 1.807) is 6.92 Å². The third-order valence-electron chi connectivity index (χ3n) is 1.48. The summed E-state index contributed by atoms with van der Waals surface area (Å²) in [6, 6.07) is -0.255. The Morgan fingerprint density at radius 1 is 1.43 bits per heavy atom. The van der Waals surface area contributed by atoms with Gasteiger partial charge in [0.1, 0.15) is 11.4 Å². The fourth-order valence-corrected chi connectivity index (χ4v) is 0.742.